The number of amides is 1. The molecule has 174 valence electrons. The molecular weight excluding hydrogens is 549 g/mol. The van der Waals surface area contributed by atoms with E-state index in [1.54, 1.807) is 17.0 Å². The number of carboxylic acid groups (broad SMARTS) is 1. The maximum absolute atomic E-state index is 14.0. The van der Waals surface area contributed by atoms with Gasteiger partial charge in [0.15, 0.2) is 0 Å². The minimum Gasteiger partial charge on any atom is -0.480 e. The predicted molar refractivity (Wildman–Crippen MR) is 144 cm³/mol. The van der Waals surface area contributed by atoms with E-state index in [2.05, 4.69) is 22.6 Å². The van der Waals surface area contributed by atoms with E-state index in [1.807, 2.05) is 97.1 Å². The summed E-state index contributed by atoms with van der Waals surface area (Å²) in [5.74, 6) is -1.10. The molecule has 0 fully saturated rings. The van der Waals surface area contributed by atoms with Crippen LogP contribution in [0.25, 0.3) is 0 Å². The van der Waals surface area contributed by atoms with E-state index in [4.69, 9.17) is 0 Å². The van der Waals surface area contributed by atoms with Crippen LogP contribution >= 0.6 is 22.6 Å². The normalized spacial score (nSPS) is 19.3. The van der Waals surface area contributed by atoms with E-state index in [1.165, 1.54) is 0 Å². The van der Waals surface area contributed by atoms with Crippen molar-refractivity contribution in [2.24, 2.45) is 0 Å². The van der Waals surface area contributed by atoms with Gasteiger partial charge in [-0.25, -0.2) is 0 Å². The number of carbonyl (C=O) groups excluding carboxylic acids is 1. The lowest BCUT2D eigenvalue weighted by atomic mass is 9.63. The molecule has 0 saturated carbocycles. The SMILES string of the molecule is O=C1c2ccccc2[C@](Cc2ccccc2I)(C(=O)O)C(c2ccccc2)N1Cc1ccccc1. The van der Waals surface area contributed by atoms with Crippen molar-refractivity contribution in [1.82, 2.24) is 4.90 Å². The number of hydrogen-bond acceptors (Lipinski definition) is 2. The molecule has 5 rings (SSSR count). The van der Waals surface area contributed by atoms with Crippen molar-refractivity contribution in [1.29, 1.82) is 0 Å². The van der Waals surface area contributed by atoms with Crippen molar-refractivity contribution >= 4 is 34.5 Å². The zero-order valence-electron chi connectivity index (χ0n) is 19.0. The monoisotopic (exact) mass is 573 g/mol. The second-order valence-corrected chi connectivity index (χ2v) is 9.98. The smallest absolute Gasteiger partial charge is 0.316 e. The Kier molecular flexibility index (Phi) is 6.43. The van der Waals surface area contributed by atoms with Crippen LogP contribution in [0.3, 0.4) is 0 Å². The van der Waals surface area contributed by atoms with Crippen LogP contribution in [0.5, 0.6) is 0 Å². The van der Waals surface area contributed by atoms with Gasteiger partial charge in [0, 0.05) is 15.7 Å². The lowest BCUT2D eigenvalue weighted by molar-refractivity contribution is -0.147. The van der Waals surface area contributed by atoms with Crippen LogP contribution in [0.2, 0.25) is 0 Å². The molecule has 0 saturated heterocycles. The van der Waals surface area contributed by atoms with Crippen LogP contribution in [0.4, 0.5) is 0 Å². The number of fused-ring (bicyclic) bond motifs is 1. The average molecular weight is 573 g/mol. The van der Waals surface area contributed by atoms with Crippen LogP contribution in [0.1, 0.15) is 38.7 Å². The Balaban J connectivity index is 1.80. The van der Waals surface area contributed by atoms with E-state index in [9.17, 15) is 14.7 Å². The highest BCUT2D eigenvalue weighted by atomic mass is 127. The molecule has 0 spiro atoms. The van der Waals surface area contributed by atoms with Crippen molar-refractivity contribution in [3.63, 3.8) is 0 Å². The maximum atomic E-state index is 14.0. The zero-order chi connectivity index (χ0) is 24.4. The van der Waals surface area contributed by atoms with Gasteiger partial charge in [0.05, 0.1) is 6.04 Å². The summed E-state index contributed by atoms with van der Waals surface area (Å²) in [6, 6.07) is 33.7. The number of carboxylic acids is 1. The minimum atomic E-state index is -1.37. The minimum absolute atomic E-state index is 0.155. The van der Waals surface area contributed by atoms with Gasteiger partial charge >= 0.3 is 5.97 Å². The summed E-state index contributed by atoms with van der Waals surface area (Å²) in [5, 5.41) is 11.0. The van der Waals surface area contributed by atoms with Gasteiger partial charge in [-0.15, -0.1) is 0 Å². The molecular formula is C30H24INO3. The molecule has 0 aliphatic carbocycles. The van der Waals surface area contributed by atoms with Gasteiger partial charge in [-0.2, -0.15) is 0 Å². The molecule has 5 heteroatoms. The first-order valence-electron chi connectivity index (χ1n) is 11.5. The van der Waals surface area contributed by atoms with Crippen molar-refractivity contribution in [3.8, 4) is 0 Å². The molecule has 4 nitrogen and oxygen atoms in total. The number of nitrogens with zero attached hydrogens (tertiary/aromatic N) is 1. The van der Waals surface area contributed by atoms with Crippen LogP contribution in [0, 0.1) is 3.57 Å². The van der Waals surface area contributed by atoms with Crippen molar-refractivity contribution in [2.45, 2.75) is 24.4 Å². The molecule has 0 bridgehead atoms. The first-order chi connectivity index (χ1) is 17.0. The van der Waals surface area contributed by atoms with Gasteiger partial charge < -0.3 is 10.0 Å². The van der Waals surface area contributed by atoms with Crippen molar-refractivity contribution in [2.75, 3.05) is 0 Å². The summed E-state index contributed by atoms with van der Waals surface area (Å²) >= 11 is 2.26. The van der Waals surface area contributed by atoms with E-state index >= 15 is 0 Å². The molecule has 1 unspecified atom stereocenters. The van der Waals surface area contributed by atoms with Crippen molar-refractivity contribution in [3.05, 3.63) is 141 Å². The third-order valence-electron chi connectivity index (χ3n) is 6.80. The predicted octanol–water partition coefficient (Wildman–Crippen LogP) is 6.25. The van der Waals surface area contributed by atoms with Gasteiger partial charge in [0.1, 0.15) is 5.41 Å². The third-order valence-corrected chi connectivity index (χ3v) is 7.85. The van der Waals surface area contributed by atoms with Crippen LogP contribution in [0.15, 0.2) is 109 Å². The standard InChI is InChI=1S/C30H24INO3/c31-26-18-10-7-15-23(26)19-30(29(34)35)25-17-9-8-16-24(25)28(33)32(20-21-11-3-1-4-12-21)27(30)22-13-5-2-6-14-22/h1-18,27H,19-20H2,(H,34,35)/t27?,30-/m0/s1. The number of rotatable bonds is 6. The van der Waals surface area contributed by atoms with E-state index in [0.29, 0.717) is 17.7 Å². The Morgan fingerprint density at radius 2 is 1.43 bits per heavy atom. The fourth-order valence-corrected chi connectivity index (χ4v) is 5.81. The summed E-state index contributed by atoms with van der Waals surface area (Å²) in [6.45, 7) is 0.314. The Morgan fingerprint density at radius 1 is 0.829 bits per heavy atom. The van der Waals surface area contributed by atoms with E-state index in [0.717, 1.165) is 20.3 Å². The summed E-state index contributed by atoms with van der Waals surface area (Å²) < 4.78 is 1.00. The van der Waals surface area contributed by atoms with Gasteiger partial charge in [-0.1, -0.05) is 97.1 Å². The first kappa shape index (κ1) is 23.3. The lowest BCUT2D eigenvalue weighted by Crippen LogP contribution is -2.56. The maximum Gasteiger partial charge on any atom is 0.316 e. The quantitative estimate of drug-likeness (QED) is 0.278. The average Bonchev–Trinajstić information content (AvgIpc) is 2.89. The molecule has 1 amide bonds. The number of hydrogen-bond donors (Lipinski definition) is 1. The number of aliphatic carboxylic acids is 1. The van der Waals surface area contributed by atoms with Gasteiger partial charge in [0.2, 0.25) is 0 Å². The molecule has 4 aromatic rings. The highest BCUT2D eigenvalue weighted by Gasteiger charge is 2.56. The van der Waals surface area contributed by atoms with Crippen molar-refractivity contribution < 1.29 is 14.7 Å². The lowest BCUT2D eigenvalue weighted by Gasteiger charge is -2.48. The number of benzene rings is 4. The highest BCUT2D eigenvalue weighted by molar-refractivity contribution is 14.1. The molecule has 1 N–H and O–H groups in total. The van der Waals surface area contributed by atoms with E-state index < -0.39 is 17.4 Å². The van der Waals surface area contributed by atoms with Crippen LogP contribution in [-0.2, 0) is 23.2 Å². The van der Waals surface area contributed by atoms with Crippen LogP contribution < -0.4 is 0 Å². The summed E-state index contributed by atoms with van der Waals surface area (Å²) in [6.07, 6.45) is 0.261. The highest BCUT2D eigenvalue weighted by Crippen LogP contribution is 2.50. The largest absolute Gasteiger partial charge is 0.480 e. The molecule has 2 atom stereocenters. The number of halogens is 1. The fraction of sp³-hybridized carbons (Fsp3) is 0.133. The Hall–Kier alpha value is -3.45. The Labute approximate surface area is 218 Å². The number of carbonyl (C=O) groups is 2. The zero-order valence-corrected chi connectivity index (χ0v) is 21.1. The molecule has 4 aromatic carbocycles. The van der Waals surface area contributed by atoms with Gasteiger partial charge in [0.25, 0.3) is 5.91 Å². The Bertz CT molecular complexity index is 1370. The topological polar surface area (TPSA) is 57.6 Å². The molecule has 35 heavy (non-hydrogen) atoms. The third kappa shape index (κ3) is 4.14. The first-order valence-corrected chi connectivity index (χ1v) is 12.6. The van der Waals surface area contributed by atoms with E-state index in [-0.39, 0.29) is 12.3 Å². The molecule has 0 aromatic heterocycles. The Morgan fingerprint density at radius 3 is 2.11 bits per heavy atom. The van der Waals surface area contributed by atoms with Gasteiger partial charge in [-0.3, -0.25) is 9.59 Å². The molecule has 1 heterocycles. The second-order valence-electron chi connectivity index (χ2n) is 8.82. The molecule has 0 radical (unpaired) electrons. The van der Waals surface area contributed by atoms with Gasteiger partial charge in [-0.05, 0) is 63.4 Å². The molecule has 1 aliphatic rings. The summed E-state index contributed by atoms with van der Waals surface area (Å²) in [7, 11) is 0. The molecule has 1 aliphatic heterocycles. The van der Waals surface area contributed by atoms with Crippen LogP contribution in [-0.4, -0.2) is 21.9 Å². The fourth-order valence-electron chi connectivity index (χ4n) is 5.23. The summed E-state index contributed by atoms with van der Waals surface area (Å²) in [4.78, 5) is 29.2. The summed E-state index contributed by atoms with van der Waals surface area (Å²) in [5.41, 5.74) is 2.34. The second kappa shape index (κ2) is 9.66.